The zero-order valence-electron chi connectivity index (χ0n) is 10.2. The molecule has 0 atom stereocenters. The number of hydrogen-bond acceptors (Lipinski definition) is 2. The number of nitrogens with zero attached hydrogens (tertiary/aromatic N) is 2. The summed E-state index contributed by atoms with van der Waals surface area (Å²) in [4.78, 5) is 1.61. The lowest BCUT2D eigenvalue weighted by molar-refractivity contribution is 0.273. The Morgan fingerprint density at radius 2 is 1.75 bits per heavy atom. The lowest BCUT2D eigenvalue weighted by Crippen LogP contribution is -2.29. The van der Waals surface area contributed by atoms with E-state index in [0.717, 1.165) is 0 Å². The van der Waals surface area contributed by atoms with Gasteiger partial charge in [-0.05, 0) is 22.4 Å². The van der Waals surface area contributed by atoms with Crippen LogP contribution in [-0.2, 0) is 6.54 Å². The van der Waals surface area contributed by atoms with Crippen molar-refractivity contribution in [3.8, 4) is 6.07 Å². The van der Waals surface area contributed by atoms with E-state index < -0.39 is 33.3 Å². The van der Waals surface area contributed by atoms with Crippen LogP contribution in [-0.4, -0.2) is 18.0 Å². The maximum Gasteiger partial charge on any atom is 0.176 e. The molecule has 0 amide bonds. The van der Waals surface area contributed by atoms with Crippen LogP contribution in [0.3, 0.4) is 0 Å². The Bertz CT molecular complexity index is 593. The molecule has 106 valence electrons. The predicted octanol–water partition coefficient (Wildman–Crippen LogP) is 3.66. The largest absolute Gasteiger partial charge is 0.295 e. The van der Waals surface area contributed by atoms with Crippen LogP contribution in [0, 0.1) is 34.6 Å². The first-order valence-electron chi connectivity index (χ1n) is 5.77. The van der Waals surface area contributed by atoms with Crippen molar-refractivity contribution in [1.82, 2.24) is 4.90 Å². The Hall–Kier alpha value is -1.39. The average molecular weight is 349 g/mol. The molecular weight excluding hydrogens is 340 g/mol. The van der Waals surface area contributed by atoms with Crippen molar-refractivity contribution in [1.29, 1.82) is 5.26 Å². The van der Waals surface area contributed by atoms with Crippen molar-refractivity contribution < 1.29 is 17.6 Å². The van der Waals surface area contributed by atoms with E-state index in [0.29, 0.717) is 25.1 Å². The Morgan fingerprint density at radius 3 is 2.20 bits per heavy atom. The summed E-state index contributed by atoms with van der Waals surface area (Å²) in [7, 11) is 0. The fourth-order valence-electron chi connectivity index (χ4n) is 1.97. The smallest absolute Gasteiger partial charge is 0.176 e. The lowest BCUT2D eigenvalue weighted by Gasteiger charge is -2.25. The van der Waals surface area contributed by atoms with Gasteiger partial charge in [0, 0.05) is 30.8 Å². The molecule has 0 saturated carbocycles. The second kappa shape index (κ2) is 5.94. The van der Waals surface area contributed by atoms with Crippen LogP contribution in [0.5, 0.6) is 0 Å². The van der Waals surface area contributed by atoms with Gasteiger partial charge in [0.2, 0.25) is 0 Å². The van der Waals surface area contributed by atoms with Crippen molar-refractivity contribution in [2.75, 3.05) is 13.1 Å². The standard InChI is InChI=1S/C13H9BrF4N2/c14-9-12(17)10(15)8(11(16)13(9)18)6-20-3-1-7(5-19)2-4-20/h1H,2-4,6H2. The first-order valence-corrected chi connectivity index (χ1v) is 6.56. The molecule has 1 heterocycles. The number of rotatable bonds is 2. The molecule has 0 N–H and O–H groups in total. The molecule has 0 aliphatic carbocycles. The highest BCUT2D eigenvalue weighted by Crippen LogP contribution is 2.29. The zero-order valence-corrected chi connectivity index (χ0v) is 11.8. The number of hydrogen-bond donors (Lipinski definition) is 0. The molecule has 1 aromatic rings. The first-order chi connectivity index (χ1) is 9.45. The highest BCUT2D eigenvalue weighted by Gasteiger charge is 2.25. The van der Waals surface area contributed by atoms with E-state index in [9.17, 15) is 17.6 Å². The summed E-state index contributed by atoms with van der Waals surface area (Å²) in [6.45, 7) is 0.451. The van der Waals surface area contributed by atoms with Gasteiger partial charge in [0.15, 0.2) is 23.3 Å². The zero-order chi connectivity index (χ0) is 14.9. The molecule has 0 saturated heterocycles. The van der Waals surface area contributed by atoms with Crippen molar-refractivity contribution in [3.05, 3.63) is 45.0 Å². The maximum atomic E-state index is 13.7. The lowest BCUT2D eigenvalue weighted by atomic mass is 10.1. The van der Waals surface area contributed by atoms with E-state index in [1.54, 1.807) is 11.0 Å². The summed E-state index contributed by atoms with van der Waals surface area (Å²) >= 11 is 2.47. The van der Waals surface area contributed by atoms with Crippen molar-refractivity contribution >= 4 is 15.9 Å². The van der Waals surface area contributed by atoms with Gasteiger partial charge in [0.05, 0.1) is 10.5 Å². The number of benzene rings is 1. The van der Waals surface area contributed by atoms with Gasteiger partial charge in [-0.3, -0.25) is 4.90 Å². The quantitative estimate of drug-likeness (QED) is 0.463. The molecule has 0 aromatic heterocycles. The van der Waals surface area contributed by atoms with E-state index in [-0.39, 0.29) is 6.54 Å². The first kappa shape index (κ1) is 15.0. The van der Waals surface area contributed by atoms with Gasteiger partial charge in [-0.1, -0.05) is 6.08 Å². The molecule has 0 fully saturated rings. The van der Waals surface area contributed by atoms with E-state index in [1.165, 1.54) is 0 Å². The Morgan fingerprint density at radius 1 is 1.15 bits per heavy atom. The van der Waals surface area contributed by atoms with Gasteiger partial charge in [-0.15, -0.1) is 0 Å². The second-order valence-corrected chi connectivity index (χ2v) is 5.17. The Kier molecular flexibility index (Phi) is 4.45. The van der Waals surface area contributed by atoms with Gasteiger partial charge < -0.3 is 0 Å². The summed E-state index contributed by atoms with van der Waals surface area (Å²) < 4.78 is 53.3. The number of nitriles is 1. The van der Waals surface area contributed by atoms with Gasteiger partial charge in [-0.25, -0.2) is 17.6 Å². The fourth-order valence-corrected chi connectivity index (χ4v) is 2.32. The molecule has 2 nitrogen and oxygen atoms in total. The van der Waals surface area contributed by atoms with Crippen LogP contribution in [0.4, 0.5) is 17.6 Å². The van der Waals surface area contributed by atoms with Gasteiger partial charge in [0.25, 0.3) is 0 Å². The molecule has 0 bridgehead atoms. The molecule has 2 rings (SSSR count). The topological polar surface area (TPSA) is 27.0 Å². The molecule has 20 heavy (non-hydrogen) atoms. The summed E-state index contributed by atoms with van der Waals surface area (Å²) in [5, 5.41) is 8.70. The van der Waals surface area contributed by atoms with Crippen molar-refractivity contribution in [2.45, 2.75) is 13.0 Å². The SMILES string of the molecule is N#CC1=CCN(Cc2c(F)c(F)c(Br)c(F)c2F)CC1. The van der Waals surface area contributed by atoms with E-state index in [1.807, 2.05) is 6.07 Å². The highest BCUT2D eigenvalue weighted by atomic mass is 79.9. The van der Waals surface area contributed by atoms with Crippen LogP contribution in [0.15, 0.2) is 16.1 Å². The maximum absolute atomic E-state index is 13.7. The van der Waals surface area contributed by atoms with Crippen LogP contribution in [0.1, 0.15) is 12.0 Å². The Balaban J connectivity index is 2.28. The van der Waals surface area contributed by atoms with Gasteiger partial charge >= 0.3 is 0 Å². The monoisotopic (exact) mass is 348 g/mol. The van der Waals surface area contributed by atoms with Crippen LogP contribution in [0.2, 0.25) is 0 Å². The third-order valence-electron chi connectivity index (χ3n) is 3.12. The molecule has 1 aromatic carbocycles. The molecule has 0 radical (unpaired) electrons. The molecule has 7 heteroatoms. The summed E-state index contributed by atoms with van der Waals surface area (Å²) in [6, 6.07) is 2.00. The summed E-state index contributed by atoms with van der Waals surface area (Å²) in [6.07, 6.45) is 2.08. The average Bonchev–Trinajstić information content (AvgIpc) is 2.48. The molecular formula is C13H9BrF4N2. The predicted molar refractivity (Wildman–Crippen MR) is 67.6 cm³/mol. The van der Waals surface area contributed by atoms with E-state index >= 15 is 0 Å². The molecule has 0 spiro atoms. The fraction of sp³-hybridized carbons (Fsp3) is 0.308. The third kappa shape index (κ3) is 2.72. The van der Waals surface area contributed by atoms with Crippen LogP contribution < -0.4 is 0 Å². The van der Waals surface area contributed by atoms with E-state index in [4.69, 9.17) is 5.26 Å². The summed E-state index contributed by atoms with van der Waals surface area (Å²) in [5.74, 6) is -5.68. The highest BCUT2D eigenvalue weighted by molar-refractivity contribution is 9.10. The number of halogens is 5. The minimum absolute atomic E-state index is 0.256. The summed E-state index contributed by atoms with van der Waals surface area (Å²) in [5.41, 5.74) is -0.0487. The Labute approximate surface area is 121 Å². The third-order valence-corrected chi connectivity index (χ3v) is 3.82. The second-order valence-electron chi connectivity index (χ2n) is 4.37. The molecule has 1 aliphatic rings. The minimum atomic E-state index is -1.44. The normalized spacial score (nSPS) is 15.9. The van der Waals surface area contributed by atoms with Crippen LogP contribution in [0.25, 0.3) is 0 Å². The molecule has 0 unspecified atom stereocenters. The van der Waals surface area contributed by atoms with Crippen molar-refractivity contribution in [3.63, 3.8) is 0 Å². The van der Waals surface area contributed by atoms with Gasteiger partial charge in [-0.2, -0.15) is 5.26 Å². The van der Waals surface area contributed by atoms with Crippen molar-refractivity contribution in [2.24, 2.45) is 0 Å². The van der Waals surface area contributed by atoms with Crippen LogP contribution >= 0.6 is 15.9 Å². The minimum Gasteiger partial charge on any atom is -0.295 e. The van der Waals surface area contributed by atoms with Gasteiger partial charge in [0.1, 0.15) is 0 Å². The van der Waals surface area contributed by atoms with E-state index in [2.05, 4.69) is 15.9 Å². The molecule has 1 aliphatic heterocycles.